The fourth-order valence-corrected chi connectivity index (χ4v) is 3.24. The van der Waals surface area contributed by atoms with Gasteiger partial charge in [-0.1, -0.05) is 13.8 Å². The van der Waals surface area contributed by atoms with Gasteiger partial charge in [-0.15, -0.1) is 0 Å². The lowest BCUT2D eigenvalue weighted by molar-refractivity contribution is 0.0364. The number of hydrogen-bond donors (Lipinski definition) is 1. The summed E-state index contributed by atoms with van der Waals surface area (Å²) in [5, 5.41) is 4.65. The summed E-state index contributed by atoms with van der Waals surface area (Å²) in [5.41, 5.74) is 3.60. The first-order chi connectivity index (χ1) is 11.6. The molecule has 0 unspecified atom stereocenters. The zero-order valence-electron chi connectivity index (χ0n) is 15.3. The van der Waals surface area contributed by atoms with Crippen molar-refractivity contribution in [1.29, 1.82) is 0 Å². The zero-order valence-corrected chi connectivity index (χ0v) is 15.3. The van der Waals surface area contributed by atoms with Crippen LogP contribution in [-0.2, 0) is 11.3 Å². The molecule has 0 saturated carbocycles. The number of hydrogen-bond acceptors (Lipinski definition) is 5. The lowest BCUT2D eigenvalue weighted by atomic mass is 10.2. The Morgan fingerprint density at radius 1 is 1.17 bits per heavy atom. The second kappa shape index (κ2) is 7.49. The Bertz CT molecular complexity index is 688. The maximum absolute atomic E-state index is 5.43. The highest BCUT2D eigenvalue weighted by atomic mass is 16.5. The summed E-state index contributed by atoms with van der Waals surface area (Å²) in [6.45, 7) is 15.4. The smallest absolute Gasteiger partial charge is 0.145 e. The second-order valence-corrected chi connectivity index (χ2v) is 7.01. The summed E-state index contributed by atoms with van der Waals surface area (Å²) in [6, 6.07) is 0. The summed E-state index contributed by atoms with van der Waals surface area (Å²) in [4.78, 5) is 11.5. The molecule has 1 aliphatic heterocycles. The van der Waals surface area contributed by atoms with Gasteiger partial charge in [-0.2, -0.15) is 0 Å². The molecule has 6 heteroatoms. The van der Waals surface area contributed by atoms with Crippen LogP contribution in [0.5, 0.6) is 0 Å². The van der Waals surface area contributed by atoms with Crippen molar-refractivity contribution < 1.29 is 4.74 Å². The second-order valence-electron chi connectivity index (χ2n) is 7.01. The number of nitrogens with zero attached hydrogens (tertiary/aromatic N) is 4. The highest BCUT2D eigenvalue weighted by Crippen LogP contribution is 2.28. The van der Waals surface area contributed by atoms with Gasteiger partial charge in [0.05, 0.1) is 18.6 Å². The van der Waals surface area contributed by atoms with Crippen molar-refractivity contribution in [2.45, 2.75) is 34.2 Å². The van der Waals surface area contributed by atoms with Crippen LogP contribution in [0.15, 0.2) is 6.33 Å². The average Bonchev–Trinajstić information content (AvgIpc) is 2.84. The molecule has 6 nitrogen and oxygen atoms in total. The Labute approximate surface area is 144 Å². The topological polar surface area (TPSA) is 55.2 Å². The quantitative estimate of drug-likeness (QED) is 0.881. The van der Waals surface area contributed by atoms with Gasteiger partial charge in [0.15, 0.2) is 0 Å². The van der Waals surface area contributed by atoms with Gasteiger partial charge in [0.1, 0.15) is 17.8 Å². The van der Waals surface area contributed by atoms with Gasteiger partial charge >= 0.3 is 0 Å². The minimum atomic E-state index is 0.583. The summed E-state index contributed by atoms with van der Waals surface area (Å²) in [6.07, 6.45) is 1.68. The molecule has 0 aromatic carbocycles. The monoisotopic (exact) mass is 331 g/mol. The molecule has 3 rings (SSSR count). The van der Waals surface area contributed by atoms with E-state index in [0.29, 0.717) is 5.92 Å². The SMILES string of the molecule is Cc1c(C)n(CCN2CCOCC2)c2ncnc(NCC(C)C)c12. The molecule has 1 aliphatic rings. The van der Waals surface area contributed by atoms with Gasteiger partial charge in [-0.05, 0) is 25.3 Å². The van der Waals surface area contributed by atoms with Gasteiger partial charge in [0, 0.05) is 38.4 Å². The molecule has 1 N–H and O–H groups in total. The van der Waals surface area contributed by atoms with E-state index in [1.165, 1.54) is 11.3 Å². The van der Waals surface area contributed by atoms with E-state index < -0.39 is 0 Å². The van der Waals surface area contributed by atoms with Crippen LogP contribution in [0.3, 0.4) is 0 Å². The molecule has 132 valence electrons. The molecule has 0 bridgehead atoms. The van der Waals surface area contributed by atoms with E-state index in [1.807, 2.05) is 0 Å². The highest BCUT2D eigenvalue weighted by Gasteiger charge is 2.17. The fourth-order valence-electron chi connectivity index (χ4n) is 3.24. The third-order valence-electron chi connectivity index (χ3n) is 4.83. The predicted molar refractivity (Wildman–Crippen MR) is 97.6 cm³/mol. The van der Waals surface area contributed by atoms with Crippen LogP contribution < -0.4 is 5.32 Å². The van der Waals surface area contributed by atoms with Crippen LogP contribution in [0.1, 0.15) is 25.1 Å². The van der Waals surface area contributed by atoms with E-state index in [1.54, 1.807) is 6.33 Å². The third kappa shape index (κ3) is 3.54. The van der Waals surface area contributed by atoms with E-state index in [2.05, 4.69) is 52.4 Å². The zero-order chi connectivity index (χ0) is 17.1. The number of aromatic nitrogens is 3. The van der Waals surface area contributed by atoms with Crippen molar-refractivity contribution in [1.82, 2.24) is 19.4 Å². The highest BCUT2D eigenvalue weighted by molar-refractivity contribution is 5.91. The van der Waals surface area contributed by atoms with E-state index >= 15 is 0 Å². The number of nitrogens with one attached hydrogen (secondary N) is 1. The summed E-state index contributed by atoms with van der Waals surface area (Å²) >= 11 is 0. The van der Waals surface area contributed by atoms with Crippen LogP contribution in [0.25, 0.3) is 11.0 Å². The standard InChI is InChI=1S/C18H29N5O/c1-13(2)11-19-17-16-14(3)15(4)23(18(16)21-12-20-17)6-5-22-7-9-24-10-8-22/h12-13H,5-11H2,1-4H3,(H,19,20,21). The molecule has 2 aromatic heterocycles. The molecule has 1 fully saturated rings. The Kier molecular flexibility index (Phi) is 5.36. The maximum Gasteiger partial charge on any atom is 0.145 e. The molecule has 3 heterocycles. The predicted octanol–water partition coefficient (Wildman–Crippen LogP) is 2.45. The number of rotatable bonds is 6. The van der Waals surface area contributed by atoms with Crippen LogP contribution in [0.4, 0.5) is 5.82 Å². The Hall–Kier alpha value is -1.66. The van der Waals surface area contributed by atoms with E-state index in [0.717, 1.165) is 62.8 Å². The molecule has 0 atom stereocenters. The minimum Gasteiger partial charge on any atom is -0.379 e. The van der Waals surface area contributed by atoms with Crippen molar-refractivity contribution in [3.8, 4) is 0 Å². The fraction of sp³-hybridized carbons (Fsp3) is 0.667. The Balaban J connectivity index is 1.85. The van der Waals surface area contributed by atoms with Gasteiger partial charge in [-0.3, -0.25) is 4.90 Å². The molecule has 0 spiro atoms. The Morgan fingerprint density at radius 2 is 1.92 bits per heavy atom. The summed E-state index contributed by atoms with van der Waals surface area (Å²) in [5.74, 6) is 1.54. The van der Waals surface area contributed by atoms with Crippen LogP contribution in [-0.4, -0.2) is 58.8 Å². The first-order valence-electron chi connectivity index (χ1n) is 8.92. The number of fused-ring (bicyclic) bond motifs is 1. The molecule has 0 amide bonds. The first kappa shape index (κ1) is 17.2. The molecule has 2 aromatic rings. The lowest BCUT2D eigenvalue weighted by Gasteiger charge is -2.26. The van der Waals surface area contributed by atoms with Gasteiger partial charge in [-0.25, -0.2) is 9.97 Å². The number of anilines is 1. The molecule has 0 radical (unpaired) electrons. The van der Waals surface area contributed by atoms with Crippen molar-refractivity contribution in [3.63, 3.8) is 0 Å². The van der Waals surface area contributed by atoms with Crippen LogP contribution >= 0.6 is 0 Å². The van der Waals surface area contributed by atoms with Crippen molar-refractivity contribution in [2.75, 3.05) is 44.7 Å². The lowest BCUT2D eigenvalue weighted by Crippen LogP contribution is -2.38. The van der Waals surface area contributed by atoms with Crippen LogP contribution in [0.2, 0.25) is 0 Å². The minimum absolute atomic E-state index is 0.583. The van der Waals surface area contributed by atoms with Crippen LogP contribution in [0, 0.1) is 19.8 Å². The number of aryl methyl sites for hydroxylation is 1. The van der Waals surface area contributed by atoms with E-state index in [-0.39, 0.29) is 0 Å². The first-order valence-corrected chi connectivity index (χ1v) is 8.92. The molecule has 0 aliphatic carbocycles. The summed E-state index contributed by atoms with van der Waals surface area (Å²) in [7, 11) is 0. The van der Waals surface area contributed by atoms with Gasteiger partial charge < -0.3 is 14.6 Å². The Morgan fingerprint density at radius 3 is 2.62 bits per heavy atom. The third-order valence-corrected chi connectivity index (χ3v) is 4.83. The van der Waals surface area contributed by atoms with E-state index in [4.69, 9.17) is 4.74 Å². The molecular formula is C18H29N5O. The van der Waals surface area contributed by atoms with Crippen molar-refractivity contribution >= 4 is 16.9 Å². The normalized spacial score (nSPS) is 16.2. The molecule has 1 saturated heterocycles. The number of morpholine rings is 1. The van der Waals surface area contributed by atoms with Gasteiger partial charge in [0.2, 0.25) is 0 Å². The van der Waals surface area contributed by atoms with Gasteiger partial charge in [0.25, 0.3) is 0 Å². The number of ether oxygens (including phenoxy) is 1. The summed E-state index contributed by atoms with van der Waals surface area (Å²) < 4.78 is 7.77. The average molecular weight is 331 g/mol. The van der Waals surface area contributed by atoms with Crippen molar-refractivity contribution in [3.05, 3.63) is 17.6 Å². The molecular weight excluding hydrogens is 302 g/mol. The maximum atomic E-state index is 5.43. The van der Waals surface area contributed by atoms with E-state index in [9.17, 15) is 0 Å². The largest absolute Gasteiger partial charge is 0.379 e. The van der Waals surface area contributed by atoms with Crippen molar-refractivity contribution in [2.24, 2.45) is 5.92 Å². The molecule has 24 heavy (non-hydrogen) atoms.